The summed E-state index contributed by atoms with van der Waals surface area (Å²) in [5.41, 5.74) is 6.56. The van der Waals surface area contributed by atoms with Gasteiger partial charge in [-0.15, -0.1) is 12.4 Å². The van der Waals surface area contributed by atoms with Crippen LogP contribution in [-0.2, 0) is 11.2 Å². The zero-order valence-electron chi connectivity index (χ0n) is 15.9. The van der Waals surface area contributed by atoms with Crippen molar-refractivity contribution in [2.45, 2.75) is 57.4 Å². The third kappa shape index (κ3) is 6.27. The molecule has 1 aliphatic rings. The van der Waals surface area contributed by atoms with Crippen molar-refractivity contribution < 1.29 is 13.7 Å². The van der Waals surface area contributed by atoms with Crippen molar-refractivity contribution in [2.75, 3.05) is 6.54 Å². The molecule has 1 atom stereocenters. The van der Waals surface area contributed by atoms with Crippen LogP contribution in [0.4, 0.5) is 4.39 Å². The van der Waals surface area contributed by atoms with E-state index in [1.165, 1.54) is 31.4 Å². The van der Waals surface area contributed by atoms with Gasteiger partial charge < -0.3 is 15.6 Å². The van der Waals surface area contributed by atoms with E-state index in [4.69, 9.17) is 10.3 Å². The molecule has 1 amide bonds. The molecule has 28 heavy (non-hydrogen) atoms. The second-order valence-electron chi connectivity index (χ2n) is 7.18. The van der Waals surface area contributed by atoms with Crippen molar-refractivity contribution in [3.8, 4) is 11.4 Å². The smallest absolute Gasteiger partial charge is 0.226 e. The minimum absolute atomic E-state index is 0. The van der Waals surface area contributed by atoms with Gasteiger partial charge in [-0.2, -0.15) is 4.98 Å². The largest absolute Gasteiger partial charge is 0.352 e. The highest BCUT2D eigenvalue weighted by Gasteiger charge is 2.23. The SMILES string of the molecule is Cl.NCC(NC(=O)CCCc1nc(-c2ccc(F)cc2)no1)C1CCCCC1. The zero-order chi connectivity index (χ0) is 19.1. The van der Waals surface area contributed by atoms with Gasteiger partial charge in [-0.05, 0) is 49.4 Å². The van der Waals surface area contributed by atoms with Crippen molar-refractivity contribution in [1.29, 1.82) is 0 Å². The van der Waals surface area contributed by atoms with Crippen LogP contribution in [0.15, 0.2) is 28.8 Å². The summed E-state index contributed by atoms with van der Waals surface area (Å²) < 4.78 is 18.2. The van der Waals surface area contributed by atoms with Crippen LogP contribution in [-0.4, -0.2) is 28.6 Å². The second-order valence-corrected chi connectivity index (χ2v) is 7.18. The van der Waals surface area contributed by atoms with Crippen LogP contribution in [0.3, 0.4) is 0 Å². The first-order chi connectivity index (χ1) is 13.2. The molecule has 6 nitrogen and oxygen atoms in total. The number of nitrogens with one attached hydrogen (secondary N) is 1. The van der Waals surface area contributed by atoms with Gasteiger partial charge in [0.25, 0.3) is 0 Å². The number of hydrogen-bond acceptors (Lipinski definition) is 5. The molecule has 0 bridgehead atoms. The van der Waals surface area contributed by atoms with E-state index < -0.39 is 0 Å². The lowest BCUT2D eigenvalue weighted by Crippen LogP contribution is -2.45. The summed E-state index contributed by atoms with van der Waals surface area (Å²) in [7, 11) is 0. The summed E-state index contributed by atoms with van der Waals surface area (Å²) in [5.74, 6) is 1.12. The molecular weight excluding hydrogens is 383 g/mol. The Hall–Kier alpha value is -1.99. The second kappa shape index (κ2) is 11.1. The van der Waals surface area contributed by atoms with Crippen molar-refractivity contribution in [1.82, 2.24) is 15.5 Å². The minimum Gasteiger partial charge on any atom is -0.352 e. The Kier molecular flexibility index (Phi) is 8.86. The molecule has 0 saturated heterocycles. The monoisotopic (exact) mass is 410 g/mol. The first-order valence-electron chi connectivity index (χ1n) is 9.73. The summed E-state index contributed by atoms with van der Waals surface area (Å²) >= 11 is 0. The molecule has 1 aromatic carbocycles. The predicted molar refractivity (Wildman–Crippen MR) is 107 cm³/mol. The van der Waals surface area contributed by atoms with E-state index in [1.54, 1.807) is 12.1 Å². The molecule has 1 fully saturated rings. The summed E-state index contributed by atoms with van der Waals surface area (Å²) in [5, 5.41) is 7.00. The standard InChI is InChI=1S/C20H27FN4O2.ClH/c21-16-11-9-15(10-12-16)20-24-19(27-25-20)8-4-7-18(26)23-17(13-22)14-5-2-1-3-6-14;/h9-12,14,17H,1-8,13,22H2,(H,23,26);1H. The van der Waals surface area contributed by atoms with Crippen LogP contribution in [0.1, 0.15) is 50.8 Å². The Morgan fingerprint density at radius 1 is 1.25 bits per heavy atom. The van der Waals surface area contributed by atoms with E-state index >= 15 is 0 Å². The number of nitrogens with two attached hydrogens (primary N) is 1. The lowest BCUT2D eigenvalue weighted by atomic mass is 9.84. The first-order valence-corrected chi connectivity index (χ1v) is 9.73. The van der Waals surface area contributed by atoms with Crippen LogP contribution in [0, 0.1) is 11.7 Å². The van der Waals surface area contributed by atoms with E-state index in [0.717, 1.165) is 12.8 Å². The number of nitrogens with zero attached hydrogens (tertiary/aromatic N) is 2. The fourth-order valence-electron chi connectivity index (χ4n) is 3.66. The molecule has 1 aromatic heterocycles. The normalized spacial score (nSPS) is 15.6. The molecule has 1 heterocycles. The van der Waals surface area contributed by atoms with Gasteiger partial charge in [0.05, 0.1) is 0 Å². The highest BCUT2D eigenvalue weighted by molar-refractivity contribution is 5.85. The van der Waals surface area contributed by atoms with Gasteiger partial charge in [0.2, 0.25) is 17.6 Å². The molecule has 8 heteroatoms. The lowest BCUT2D eigenvalue weighted by molar-refractivity contribution is -0.122. The third-order valence-electron chi connectivity index (χ3n) is 5.18. The molecule has 2 aromatic rings. The highest BCUT2D eigenvalue weighted by Crippen LogP contribution is 2.26. The minimum atomic E-state index is -0.308. The average Bonchev–Trinajstić information content (AvgIpc) is 3.16. The van der Waals surface area contributed by atoms with E-state index in [0.29, 0.717) is 49.0 Å². The maximum atomic E-state index is 13.0. The van der Waals surface area contributed by atoms with Crippen LogP contribution < -0.4 is 11.1 Å². The van der Waals surface area contributed by atoms with Gasteiger partial charge in [0.1, 0.15) is 5.82 Å². The molecule has 0 aliphatic heterocycles. The van der Waals surface area contributed by atoms with Crippen LogP contribution in [0.2, 0.25) is 0 Å². The number of carbonyl (C=O) groups excluding carboxylic acids is 1. The number of carbonyl (C=O) groups is 1. The summed E-state index contributed by atoms with van der Waals surface area (Å²) in [6.07, 6.45) is 7.59. The lowest BCUT2D eigenvalue weighted by Gasteiger charge is -2.30. The van der Waals surface area contributed by atoms with E-state index in [1.807, 2.05) is 0 Å². The van der Waals surface area contributed by atoms with E-state index in [-0.39, 0.29) is 30.2 Å². The molecular formula is C20H28ClFN4O2. The average molecular weight is 411 g/mol. The van der Waals surface area contributed by atoms with Crippen molar-refractivity contribution >= 4 is 18.3 Å². The van der Waals surface area contributed by atoms with Crippen LogP contribution in [0.5, 0.6) is 0 Å². The van der Waals surface area contributed by atoms with Gasteiger partial charge in [-0.25, -0.2) is 4.39 Å². The van der Waals surface area contributed by atoms with Crippen molar-refractivity contribution in [3.63, 3.8) is 0 Å². The Morgan fingerprint density at radius 2 is 1.96 bits per heavy atom. The highest BCUT2D eigenvalue weighted by atomic mass is 35.5. The van der Waals surface area contributed by atoms with Gasteiger partial charge >= 0.3 is 0 Å². The molecule has 3 rings (SSSR count). The number of benzene rings is 1. The zero-order valence-corrected chi connectivity index (χ0v) is 16.7. The molecule has 1 aliphatic carbocycles. The predicted octanol–water partition coefficient (Wildman–Crippen LogP) is 3.64. The van der Waals surface area contributed by atoms with Gasteiger partial charge in [-0.1, -0.05) is 24.4 Å². The summed E-state index contributed by atoms with van der Waals surface area (Å²) in [6.45, 7) is 0.487. The molecule has 0 spiro atoms. The molecule has 1 unspecified atom stereocenters. The Morgan fingerprint density at radius 3 is 2.64 bits per heavy atom. The van der Waals surface area contributed by atoms with Gasteiger partial charge in [-0.3, -0.25) is 4.79 Å². The molecule has 154 valence electrons. The topological polar surface area (TPSA) is 94.0 Å². The van der Waals surface area contributed by atoms with E-state index in [9.17, 15) is 9.18 Å². The maximum absolute atomic E-state index is 13.0. The van der Waals surface area contributed by atoms with Crippen LogP contribution in [0.25, 0.3) is 11.4 Å². The summed E-state index contributed by atoms with van der Waals surface area (Å²) in [6, 6.07) is 6.00. The first kappa shape index (κ1) is 22.3. The molecule has 3 N–H and O–H groups in total. The van der Waals surface area contributed by atoms with Gasteiger partial charge in [0.15, 0.2) is 0 Å². The van der Waals surface area contributed by atoms with Gasteiger partial charge in [0, 0.05) is 31.0 Å². The van der Waals surface area contributed by atoms with Crippen molar-refractivity contribution in [2.24, 2.45) is 11.7 Å². The summed E-state index contributed by atoms with van der Waals surface area (Å²) in [4.78, 5) is 16.5. The third-order valence-corrected chi connectivity index (χ3v) is 5.18. The fourth-order valence-corrected chi connectivity index (χ4v) is 3.66. The number of amides is 1. The van der Waals surface area contributed by atoms with Crippen LogP contribution >= 0.6 is 12.4 Å². The van der Waals surface area contributed by atoms with E-state index in [2.05, 4.69) is 15.5 Å². The van der Waals surface area contributed by atoms with Crippen molar-refractivity contribution in [3.05, 3.63) is 36.0 Å². The Bertz CT molecular complexity index is 732. The Labute approximate surface area is 170 Å². The quantitative estimate of drug-likeness (QED) is 0.692. The fraction of sp³-hybridized carbons (Fsp3) is 0.550. The number of aryl methyl sites for hydroxylation is 1. The number of halogens is 2. The molecule has 0 radical (unpaired) electrons. The maximum Gasteiger partial charge on any atom is 0.226 e. The molecule has 1 saturated carbocycles. The number of hydrogen-bond donors (Lipinski definition) is 2. The number of aromatic nitrogens is 2. The Balaban J connectivity index is 0.00000280. The number of rotatable bonds is 8.